The number of hydrogen-bond acceptors (Lipinski definition) is 2. The van der Waals surface area contributed by atoms with Crippen molar-refractivity contribution < 1.29 is 4.74 Å². The molecule has 0 amide bonds. The maximum Gasteiger partial charge on any atom is 0.0746 e. The van der Waals surface area contributed by atoms with Crippen LogP contribution in [0.25, 0.3) is 0 Å². The second kappa shape index (κ2) is 5.86. The zero-order valence-electron chi connectivity index (χ0n) is 10.8. The molecule has 1 aliphatic rings. The Kier molecular flexibility index (Phi) is 5.07. The van der Waals surface area contributed by atoms with E-state index >= 15 is 0 Å². The molecule has 90 valence electrons. The highest BCUT2D eigenvalue weighted by molar-refractivity contribution is 4.75. The van der Waals surface area contributed by atoms with E-state index in [1.807, 2.05) is 0 Å². The maximum atomic E-state index is 5.38. The van der Waals surface area contributed by atoms with Crippen molar-refractivity contribution in [3.8, 4) is 0 Å². The Bertz CT molecular complexity index is 171. The van der Waals surface area contributed by atoms with E-state index in [2.05, 4.69) is 26.1 Å². The van der Waals surface area contributed by atoms with Crippen molar-refractivity contribution in [3.05, 3.63) is 0 Å². The zero-order valence-corrected chi connectivity index (χ0v) is 10.8. The summed E-state index contributed by atoms with van der Waals surface area (Å²) in [6.45, 7) is 8.75. The average molecular weight is 213 g/mol. The molecule has 2 heteroatoms. The molecule has 0 saturated heterocycles. The van der Waals surface area contributed by atoms with Crippen LogP contribution in [-0.2, 0) is 4.74 Å². The van der Waals surface area contributed by atoms with Gasteiger partial charge in [0.1, 0.15) is 0 Å². The summed E-state index contributed by atoms with van der Waals surface area (Å²) < 4.78 is 5.38. The molecule has 1 fully saturated rings. The minimum atomic E-state index is -0.0258. The van der Waals surface area contributed by atoms with Gasteiger partial charge in [0.15, 0.2) is 0 Å². The van der Waals surface area contributed by atoms with Crippen LogP contribution in [0.5, 0.6) is 0 Å². The summed E-state index contributed by atoms with van der Waals surface area (Å²) >= 11 is 0. The number of methoxy groups -OCH3 is 1. The summed E-state index contributed by atoms with van der Waals surface area (Å²) in [4.78, 5) is 0. The molecule has 0 unspecified atom stereocenters. The minimum Gasteiger partial charge on any atom is -0.377 e. The van der Waals surface area contributed by atoms with E-state index in [-0.39, 0.29) is 5.60 Å². The van der Waals surface area contributed by atoms with Crippen molar-refractivity contribution >= 4 is 0 Å². The summed E-state index contributed by atoms with van der Waals surface area (Å²) in [5.74, 6) is 1.85. The molecule has 2 nitrogen and oxygen atoms in total. The Morgan fingerprint density at radius 2 is 1.80 bits per heavy atom. The fraction of sp³-hybridized carbons (Fsp3) is 1.00. The van der Waals surface area contributed by atoms with E-state index in [1.165, 1.54) is 32.2 Å². The predicted molar refractivity (Wildman–Crippen MR) is 65.1 cm³/mol. The van der Waals surface area contributed by atoms with Crippen LogP contribution in [-0.4, -0.2) is 25.8 Å². The first-order valence-corrected chi connectivity index (χ1v) is 6.29. The van der Waals surface area contributed by atoms with Gasteiger partial charge in [-0.15, -0.1) is 0 Å². The summed E-state index contributed by atoms with van der Waals surface area (Å²) in [5, 5.41) is 3.54. The quantitative estimate of drug-likeness (QED) is 0.758. The van der Waals surface area contributed by atoms with Crippen LogP contribution >= 0.6 is 0 Å². The Morgan fingerprint density at radius 3 is 2.33 bits per heavy atom. The number of rotatable bonds is 5. The second-order valence-electron chi connectivity index (χ2n) is 5.72. The standard InChI is InChI=1S/C13H27NO/c1-11-5-7-12(8-6-11)9-14-10-13(2,3)15-4/h11-12,14H,5-10H2,1-4H3. The summed E-state index contributed by atoms with van der Waals surface area (Å²) in [7, 11) is 1.78. The Balaban J connectivity index is 2.10. The molecule has 1 rings (SSSR count). The van der Waals surface area contributed by atoms with E-state index in [4.69, 9.17) is 4.74 Å². The van der Waals surface area contributed by atoms with Crippen LogP contribution < -0.4 is 5.32 Å². The fourth-order valence-electron chi connectivity index (χ4n) is 2.18. The van der Waals surface area contributed by atoms with Crippen LogP contribution in [0, 0.1) is 11.8 Å². The molecule has 0 aliphatic heterocycles. The van der Waals surface area contributed by atoms with Crippen molar-refractivity contribution in [2.24, 2.45) is 11.8 Å². The Labute approximate surface area is 94.8 Å². The van der Waals surface area contributed by atoms with Crippen LogP contribution in [0.4, 0.5) is 0 Å². The lowest BCUT2D eigenvalue weighted by Gasteiger charge is -2.28. The highest BCUT2D eigenvalue weighted by atomic mass is 16.5. The molecule has 0 spiro atoms. The minimum absolute atomic E-state index is 0.0258. The molecule has 0 radical (unpaired) electrons. The van der Waals surface area contributed by atoms with Crippen LogP contribution in [0.15, 0.2) is 0 Å². The lowest BCUT2D eigenvalue weighted by atomic mass is 9.83. The van der Waals surface area contributed by atoms with Gasteiger partial charge >= 0.3 is 0 Å². The van der Waals surface area contributed by atoms with Gasteiger partial charge in [0, 0.05) is 13.7 Å². The van der Waals surface area contributed by atoms with Gasteiger partial charge in [0.05, 0.1) is 5.60 Å². The van der Waals surface area contributed by atoms with Crippen molar-refractivity contribution in [2.45, 2.75) is 52.1 Å². The largest absolute Gasteiger partial charge is 0.377 e. The second-order valence-corrected chi connectivity index (χ2v) is 5.72. The smallest absolute Gasteiger partial charge is 0.0746 e. The van der Waals surface area contributed by atoms with Gasteiger partial charge in [-0.3, -0.25) is 0 Å². The van der Waals surface area contributed by atoms with E-state index in [9.17, 15) is 0 Å². The lowest BCUT2D eigenvalue weighted by molar-refractivity contribution is 0.0222. The van der Waals surface area contributed by atoms with Gasteiger partial charge in [-0.1, -0.05) is 19.8 Å². The summed E-state index contributed by atoms with van der Waals surface area (Å²) in [5.41, 5.74) is -0.0258. The molecule has 0 bridgehead atoms. The fourth-order valence-corrected chi connectivity index (χ4v) is 2.18. The first-order valence-electron chi connectivity index (χ1n) is 6.29. The summed E-state index contributed by atoms with van der Waals surface area (Å²) in [6.07, 6.45) is 5.64. The molecule has 0 atom stereocenters. The Hall–Kier alpha value is -0.0800. The third-order valence-corrected chi connectivity index (χ3v) is 3.67. The van der Waals surface area contributed by atoms with Crippen molar-refractivity contribution in [3.63, 3.8) is 0 Å². The van der Waals surface area contributed by atoms with E-state index < -0.39 is 0 Å². The maximum absolute atomic E-state index is 5.38. The SMILES string of the molecule is COC(C)(C)CNCC1CCC(C)CC1. The van der Waals surface area contributed by atoms with E-state index in [0.29, 0.717) is 0 Å². The molecule has 0 aromatic carbocycles. The topological polar surface area (TPSA) is 21.3 Å². The van der Waals surface area contributed by atoms with Crippen LogP contribution in [0.1, 0.15) is 46.5 Å². The predicted octanol–water partition coefficient (Wildman–Crippen LogP) is 2.83. The molecule has 1 saturated carbocycles. The van der Waals surface area contributed by atoms with E-state index in [0.717, 1.165) is 18.4 Å². The number of nitrogens with one attached hydrogen (secondary N) is 1. The molecule has 1 aliphatic carbocycles. The third-order valence-electron chi connectivity index (χ3n) is 3.67. The summed E-state index contributed by atoms with van der Waals surface area (Å²) in [6, 6.07) is 0. The van der Waals surface area contributed by atoms with Gasteiger partial charge in [-0.2, -0.15) is 0 Å². The van der Waals surface area contributed by atoms with Gasteiger partial charge in [-0.05, 0) is 45.1 Å². The van der Waals surface area contributed by atoms with Gasteiger partial charge < -0.3 is 10.1 Å². The van der Waals surface area contributed by atoms with Crippen LogP contribution in [0.3, 0.4) is 0 Å². The Morgan fingerprint density at radius 1 is 1.20 bits per heavy atom. The molecule has 0 aromatic rings. The molecule has 0 aromatic heterocycles. The molecular formula is C13H27NO. The zero-order chi connectivity index (χ0) is 11.3. The third kappa shape index (κ3) is 4.98. The highest BCUT2D eigenvalue weighted by Gasteiger charge is 2.20. The van der Waals surface area contributed by atoms with Crippen LogP contribution in [0.2, 0.25) is 0 Å². The normalized spacial score (nSPS) is 28.0. The molecule has 15 heavy (non-hydrogen) atoms. The first-order chi connectivity index (χ1) is 7.03. The van der Waals surface area contributed by atoms with Crippen molar-refractivity contribution in [1.82, 2.24) is 5.32 Å². The monoisotopic (exact) mass is 213 g/mol. The van der Waals surface area contributed by atoms with Gasteiger partial charge in [-0.25, -0.2) is 0 Å². The van der Waals surface area contributed by atoms with Gasteiger partial charge in [0.2, 0.25) is 0 Å². The highest BCUT2D eigenvalue weighted by Crippen LogP contribution is 2.27. The lowest BCUT2D eigenvalue weighted by Crippen LogP contribution is -2.39. The molecule has 1 N–H and O–H groups in total. The van der Waals surface area contributed by atoms with Gasteiger partial charge in [0.25, 0.3) is 0 Å². The first kappa shape index (κ1) is 13.0. The van der Waals surface area contributed by atoms with E-state index in [1.54, 1.807) is 7.11 Å². The molecule has 0 heterocycles. The number of ether oxygens (including phenoxy) is 1. The average Bonchev–Trinajstić information content (AvgIpc) is 2.21. The van der Waals surface area contributed by atoms with Crippen molar-refractivity contribution in [1.29, 1.82) is 0 Å². The molecular weight excluding hydrogens is 186 g/mol. The number of hydrogen-bond donors (Lipinski definition) is 1. The van der Waals surface area contributed by atoms with Crippen molar-refractivity contribution in [2.75, 3.05) is 20.2 Å².